The molecule has 0 aromatic heterocycles. The SMILES string of the molecule is C=C(C)/C=C\C(C)=C/C.CC.CC(N)=O.CCC.O=C(CCCc1ccc(F)cc1)N1CCC(Cc2ccccc2F)CC1. The fourth-order valence-electron chi connectivity index (χ4n) is 3.98. The molecule has 1 fully saturated rings. The Morgan fingerprint density at radius 3 is 1.95 bits per heavy atom. The Bertz CT molecular complexity index is 1110. The summed E-state index contributed by atoms with van der Waals surface area (Å²) in [7, 11) is 0. The molecule has 44 heavy (non-hydrogen) atoms. The number of hydrogen-bond acceptors (Lipinski definition) is 2. The maximum atomic E-state index is 13.8. The predicted molar refractivity (Wildman–Crippen MR) is 184 cm³/mol. The minimum atomic E-state index is -0.333. The molecule has 246 valence electrons. The molecule has 1 aliphatic rings. The summed E-state index contributed by atoms with van der Waals surface area (Å²) in [5.41, 5.74) is 8.67. The third-order valence-electron chi connectivity index (χ3n) is 6.29. The lowest BCUT2D eigenvalue weighted by Crippen LogP contribution is -2.38. The van der Waals surface area contributed by atoms with Crippen molar-refractivity contribution in [3.05, 3.63) is 107 Å². The van der Waals surface area contributed by atoms with Crippen molar-refractivity contribution in [2.75, 3.05) is 13.1 Å². The highest BCUT2D eigenvalue weighted by atomic mass is 19.1. The van der Waals surface area contributed by atoms with Gasteiger partial charge in [0.1, 0.15) is 11.6 Å². The van der Waals surface area contributed by atoms with Crippen molar-refractivity contribution in [2.45, 2.75) is 100 Å². The van der Waals surface area contributed by atoms with Crippen LogP contribution in [-0.2, 0) is 22.4 Å². The fourth-order valence-corrected chi connectivity index (χ4v) is 3.98. The summed E-state index contributed by atoms with van der Waals surface area (Å²) in [6.07, 6.45) is 12.1. The Morgan fingerprint density at radius 2 is 1.48 bits per heavy atom. The van der Waals surface area contributed by atoms with E-state index in [0.29, 0.717) is 12.3 Å². The zero-order valence-corrected chi connectivity index (χ0v) is 28.6. The predicted octanol–water partition coefficient (Wildman–Crippen LogP) is 9.79. The Morgan fingerprint density at radius 1 is 0.955 bits per heavy atom. The highest BCUT2D eigenvalue weighted by molar-refractivity contribution is 5.76. The van der Waals surface area contributed by atoms with Crippen molar-refractivity contribution in [3.8, 4) is 0 Å². The average molecular weight is 613 g/mol. The lowest BCUT2D eigenvalue weighted by Gasteiger charge is -2.32. The van der Waals surface area contributed by atoms with E-state index < -0.39 is 0 Å². The molecule has 0 atom stereocenters. The molecule has 6 heteroatoms. The first kappa shape index (κ1) is 42.6. The standard InChI is InChI=1S/C22H25F2NO.C9H14.C3H8.C2H5NO.C2H6/c23-20-10-8-17(9-11-20)4-3-7-22(26)25-14-12-18(13-15-25)16-19-5-1-2-6-21(19)24;1-5-9(4)7-6-8(2)3;1-3-2;1-2(3)4;1-2/h1-2,5-6,8-11,18H,3-4,7,12-16H2;5-7H,2H2,1,3-4H3;3H2,1-2H3;1H3,(H2,3,4);1-2H3/b;7-6-,9-5-;;;. The van der Waals surface area contributed by atoms with Crippen molar-refractivity contribution in [1.29, 1.82) is 0 Å². The number of aryl methyl sites for hydroxylation is 1. The van der Waals surface area contributed by atoms with Gasteiger partial charge in [-0.15, -0.1) is 0 Å². The van der Waals surface area contributed by atoms with E-state index in [0.717, 1.165) is 61.9 Å². The van der Waals surface area contributed by atoms with Crippen molar-refractivity contribution < 1.29 is 18.4 Å². The second kappa shape index (κ2) is 27.0. The van der Waals surface area contributed by atoms with Crippen molar-refractivity contribution in [2.24, 2.45) is 11.7 Å². The van der Waals surface area contributed by atoms with Gasteiger partial charge < -0.3 is 10.6 Å². The number of halogens is 2. The summed E-state index contributed by atoms with van der Waals surface area (Å²) in [4.78, 5) is 23.5. The molecular weight excluding hydrogens is 554 g/mol. The molecule has 4 nitrogen and oxygen atoms in total. The van der Waals surface area contributed by atoms with Crippen LogP contribution in [0.25, 0.3) is 0 Å². The van der Waals surface area contributed by atoms with Crippen LogP contribution in [0.1, 0.15) is 98.6 Å². The maximum absolute atomic E-state index is 13.8. The second-order valence-corrected chi connectivity index (χ2v) is 10.6. The number of nitrogens with zero attached hydrogens (tertiary/aromatic N) is 1. The molecule has 1 aliphatic heterocycles. The smallest absolute Gasteiger partial charge is 0.222 e. The highest BCUT2D eigenvalue weighted by Crippen LogP contribution is 2.23. The number of hydrogen-bond donors (Lipinski definition) is 1. The van der Waals surface area contributed by atoms with Gasteiger partial charge in [-0.2, -0.15) is 0 Å². The van der Waals surface area contributed by atoms with Crippen LogP contribution in [0.5, 0.6) is 0 Å². The van der Waals surface area contributed by atoms with Gasteiger partial charge in [0.25, 0.3) is 0 Å². The van der Waals surface area contributed by atoms with E-state index in [4.69, 9.17) is 0 Å². The molecule has 2 aromatic rings. The molecule has 2 amide bonds. The fraction of sp³-hybridized carbons (Fsp3) is 0.474. The van der Waals surface area contributed by atoms with Crippen LogP contribution in [0.3, 0.4) is 0 Å². The van der Waals surface area contributed by atoms with Gasteiger partial charge in [0, 0.05) is 26.4 Å². The van der Waals surface area contributed by atoms with Gasteiger partial charge in [-0.1, -0.05) is 100 Å². The highest BCUT2D eigenvalue weighted by Gasteiger charge is 2.23. The minimum absolute atomic E-state index is 0.133. The second-order valence-electron chi connectivity index (χ2n) is 10.6. The van der Waals surface area contributed by atoms with E-state index in [1.54, 1.807) is 18.2 Å². The zero-order chi connectivity index (χ0) is 33.9. The van der Waals surface area contributed by atoms with E-state index in [-0.39, 0.29) is 23.4 Å². The summed E-state index contributed by atoms with van der Waals surface area (Å²) < 4.78 is 26.7. The monoisotopic (exact) mass is 612 g/mol. The van der Waals surface area contributed by atoms with Gasteiger partial charge in [0.05, 0.1) is 0 Å². The maximum Gasteiger partial charge on any atom is 0.222 e. The number of carbonyl (C=O) groups is 2. The normalized spacial score (nSPS) is 12.7. The Kier molecular flexibility index (Phi) is 26.2. The molecule has 3 rings (SSSR count). The molecule has 0 saturated carbocycles. The van der Waals surface area contributed by atoms with Gasteiger partial charge in [-0.05, 0) is 88.1 Å². The first-order chi connectivity index (χ1) is 20.9. The molecule has 0 radical (unpaired) electrons. The Labute approximate surface area is 267 Å². The van der Waals surface area contributed by atoms with Crippen LogP contribution in [0.2, 0.25) is 0 Å². The van der Waals surface area contributed by atoms with Gasteiger partial charge in [0.15, 0.2) is 0 Å². The Balaban J connectivity index is 0. The minimum Gasteiger partial charge on any atom is -0.370 e. The van der Waals surface area contributed by atoms with Gasteiger partial charge in [0.2, 0.25) is 11.8 Å². The number of amides is 2. The van der Waals surface area contributed by atoms with Crippen LogP contribution in [0, 0.1) is 17.6 Å². The van der Waals surface area contributed by atoms with E-state index in [1.165, 1.54) is 37.1 Å². The summed E-state index contributed by atoms with van der Waals surface area (Å²) in [6.45, 7) is 20.9. The average Bonchev–Trinajstić information content (AvgIpc) is 3.00. The molecular formula is C38H58F2N2O2. The first-order valence-electron chi connectivity index (χ1n) is 15.9. The van der Waals surface area contributed by atoms with Crippen molar-refractivity contribution in [3.63, 3.8) is 0 Å². The molecule has 2 N–H and O–H groups in total. The van der Waals surface area contributed by atoms with Crippen molar-refractivity contribution >= 4 is 11.8 Å². The molecule has 0 spiro atoms. The Hall–Kier alpha value is -3.54. The van der Waals surface area contributed by atoms with E-state index in [9.17, 15) is 18.4 Å². The van der Waals surface area contributed by atoms with Crippen LogP contribution in [0.15, 0.2) is 84.5 Å². The van der Waals surface area contributed by atoms with Gasteiger partial charge >= 0.3 is 0 Å². The molecule has 0 unspecified atom stereocenters. The summed E-state index contributed by atoms with van der Waals surface area (Å²) in [5, 5.41) is 0. The summed E-state index contributed by atoms with van der Waals surface area (Å²) >= 11 is 0. The topological polar surface area (TPSA) is 63.4 Å². The summed E-state index contributed by atoms with van der Waals surface area (Å²) in [6, 6.07) is 13.4. The molecule has 0 bridgehead atoms. The number of nitrogens with two attached hydrogens (primary N) is 1. The lowest BCUT2D eigenvalue weighted by molar-refractivity contribution is -0.132. The number of rotatable bonds is 8. The van der Waals surface area contributed by atoms with Gasteiger partial charge in [-0.25, -0.2) is 8.78 Å². The first-order valence-corrected chi connectivity index (χ1v) is 15.9. The molecule has 1 saturated heterocycles. The zero-order valence-electron chi connectivity index (χ0n) is 28.6. The number of piperidine rings is 1. The van der Waals surface area contributed by atoms with Crippen LogP contribution < -0.4 is 5.73 Å². The molecule has 1 heterocycles. The number of benzene rings is 2. The van der Waals surface area contributed by atoms with E-state index in [1.807, 2.05) is 50.8 Å². The molecule has 2 aromatic carbocycles. The van der Waals surface area contributed by atoms with Crippen LogP contribution in [-0.4, -0.2) is 29.8 Å². The van der Waals surface area contributed by atoms with E-state index in [2.05, 4.69) is 45.2 Å². The largest absolute Gasteiger partial charge is 0.370 e. The number of carbonyl (C=O) groups excluding carboxylic acids is 2. The lowest BCUT2D eigenvalue weighted by atomic mass is 9.90. The number of allylic oxidation sites excluding steroid dienone is 5. The van der Waals surface area contributed by atoms with Crippen molar-refractivity contribution in [1.82, 2.24) is 4.90 Å². The third-order valence-corrected chi connectivity index (χ3v) is 6.29. The number of likely N-dealkylation sites (tertiary alicyclic amines) is 1. The quantitative estimate of drug-likeness (QED) is 0.302. The van der Waals surface area contributed by atoms with Crippen LogP contribution in [0.4, 0.5) is 8.78 Å². The van der Waals surface area contributed by atoms with Gasteiger partial charge in [-0.3, -0.25) is 9.59 Å². The number of primary amides is 1. The summed E-state index contributed by atoms with van der Waals surface area (Å²) in [5.74, 6) is -0.0681. The van der Waals surface area contributed by atoms with Crippen LogP contribution >= 0.6 is 0 Å². The third kappa shape index (κ3) is 23.0. The van der Waals surface area contributed by atoms with E-state index >= 15 is 0 Å². The molecule has 0 aliphatic carbocycles.